The third-order valence-corrected chi connectivity index (χ3v) is 2.78. The summed E-state index contributed by atoms with van der Waals surface area (Å²) >= 11 is 2.23. The molecule has 0 fully saturated rings. The summed E-state index contributed by atoms with van der Waals surface area (Å²) in [5.41, 5.74) is 0. The fraction of sp³-hybridized carbons (Fsp3) is 1.00. The Kier molecular flexibility index (Phi) is 17.8. The molecule has 0 radical (unpaired) electrons. The molecule has 0 amide bonds. The van der Waals surface area contributed by atoms with Crippen LogP contribution >= 0.6 is 0 Å². The average Bonchev–Trinajstić information content (AvgIpc) is 2.29. The molecule has 0 heterocycles. The quantitative estimate of drug-likeness (QED) is 0.342. The molecule has 0 aliphatic heterocycles. The molecule has 0 aliphatic rings. The maximum atomic E-state index is 11.8. The standard InChI is InChI=1S/C12H23F2.Li.H2O4S/c1-2-3-4-5-6-7-8-9-10-11-12(13)14;;1-5(2,3)4/h12H,1-11H2;;(H2,1,2,3,4). The van der Waals surface area contributed by atoms with E-state index in [1.165, 1.54) is 43.6 Å². The van der Waals surface area contributed by atoms with Gasteiger partial charge in [0.2, 0.25) is 0 Å². The van der Waals surface area contributed by atoms with E-state index in [1.807, 2.05) is 0 Å². The summed E-state index contributed by atoms with van der Waals surface area (Å²) < 4.78 is 55.1. The van der Waals surface area contributed by atoms with Gasteiger partial charge < -0.3 is 0 Å². The Morgan fingerprint density at radius 3 is 1.40 bits per heavy atom. The smallest absolute Gasteiger partial charge is 0.211 e. The second-order valence-electron chi connectivity index (χ2n) is 4.81. The zero-order valence-corrected chi connectivity index (χ0v) is 13.0. The first-order chi connectivity index (χ1) is 9.27. The van der Waals surface area contributed by atoms with Gasteiger partial charge in [0.05, 0.1) is 0 Å². The molecule has 20 heavy (non-hydrogen) atoms. The van der Waals surface area contributed by atoms with Crippen LogP contribution in [0.3, 0.4) is 0 Å². The van der Waals surface area contributed by atoms with Gasteiger partial charge in [-0.15, -0.1) is 0 Å². The summed E-state index contributed by atoms with van der Waals surface area (Å²) in [6.45, 7) is 0. The molecular weight excluding hydrogens is 285 g/mol. The summed E-state index contributed by atoms with van der Waals surface area (Å²) in [5, 5.41) is 1.30. The summed E-state index contributed by atoms with van der Waals surface area (Å²) in [6, 6.07) is 0. The molecule has 0 spiro atoms. The van der Waals surface area contributed by atoms with Gasteiger partial charge in [-0.2, -0.15) is 8.42 Å². The van der Waals surface area contributed by atoms with E-state index < -0.39 is 16.8 Å². The van der Waals surface area contributed by atoms with Crippen LogP contribution in [0.2, 0.25) is 5.09 Å². The van der Waals surface area contributed by atoms with Crippen LogP contribution in [0, 0.1) is 0 Å². The molecule has 0 bridgehead atoms. The Balaban J connectivity index is 0. The predicted octanol–water partition coefficient (Wildman–Crippen LogP) is 4.09. The fourth-order valence-corrected chi connectivity index (χ4v) is 1.79. The van der Waals surface area contributed by atoms with Crippen LogP contribution in [0.25, 0.3) is 0 Å². The monoisotopic (exact) mass is 310 g/mol. The molecule has 4 nitrogen and oxygen atoms in total. The van der Waals surface area contributed by atoms with E-state index in [-0.39, 0.29) is 6.42 Å². The minimum absolute atomic E-state index is 0.0938. The van der Waals surface area contributed by atoms with Crippen LogP contribution < -0.4 is 0 Å². The molecule has 0 aromatic carbocycles. The van der Waals surface area contributed by atoms with Gasteiger partial charge in [-0.25, -0.2) is 8.78 Å². The van der Waals surface area contributed by atoms with E-state index in [0.29, 0.717) is 6.42 Å². The summed E-state index contributed by atoms with van der Waals surface area (Å²) in [6.07, 6.45) is 8.74. The Morgan fingerprint density at radius 2 is 1.10 bits per heavy atom. The number of hydrogen-bond acceptors (Lipinski definition) is 2. The molecule has 0 aromatic heterocycles. The molecule has 8 heteroatoms. The third-order valence-electron chi connectivity index (χ3n) is 2.78. The van der Waals surface area contributed by atoms with Crippen molar-refractivity contribution in [2.45, 2.75) is 75.7 Å². The van der Waals surface area contributed by atoms with E-state index in [2.05, 4.69) is 17.7 Å². The number of rotatable bonds is 11. The van der Waals surface area contributed by atoms with Gasteiger partial charge in [-0.3, -0.25) is 9.11 Å². The topological polar surface area (TPSA) is 74.6 Å². The summed E-state index contributed by atoms with van der Waals surface area (Å²) in [4.78, 5) is 0. The van der Waals surface area contributed by atoms with Gasteiger partial charge in [0, 0.05) is 0 Å². The van der Waals surface area contributed by atoms with E-state index in [0.717, 1.165) is 12.8 Å². The molecule has 2 N–H and O–H groups in total. The van der Waals surface area contributed by atoms with Crippen molar-refractivity contribution in [2.75, 3.05) is 0 Å². The van der Waals surface area contributed by atoms with E-state index in [4.69, 9.17) is 17.5 Å². The van der Waals surface area contributed by atoms with Gasteiger partial charge >= 0.3 is 104 Å². The first-order valence-electron chi connectivity index (χ1n) is 7.25. The number of halogens is 2. The third kappa shape index (κ3) is 36.2. The predicted molar refractivity (Wildman–Crippen MR) is 76.9 cm³/mol. The Morgan fingerprint density at radius 1 is 0.800 bits per heavy atom. The van der Waals surface area contributed by atoms with Gasteiger partial charge in [0.25, 0.3) is 0 Å². The summed E-state index contributed by atoms with van der Waals surface area (Å²) in [7, 11) is -4.67. The SMILES string of the molecule is O=S(=O)(O)O.[Li][CH2]CCCCCCCCCCC(F)F. The van der Waals surface area contributed by atoms with Gasteiger partial charge in [0.1, 0.15) is 0 Å². The number of unbranched alkanes of at least 4 members (excludes halogenated alkanes) is 8. The van der Waals surface area contributed by atoms with E-state index >= 15 is 0 Å². The van der Waals surface area contributed by atoms with Gasteiger partial charge in [-0.05, 0) is 0 Å². The minimum atomic E-state index is -4.67. The Labute approximate surface area is 130 Å². The zero-order chi connectivity index (χ0) is 15.9. The summed E-state index contributed by atoms with van der Waals surface area (Å²) in [5.74, 6) is 0. The van der Waals surface area contributed by atoms with Crippen molar-refractivity contribution in [3.05, 3.63) is 0 Å². The molecule has 0 saturated heterocycles. The van der Waals surface area contributed by atoms with Crippen molar-refractivity contribution < 1.29 is 26.3 Å². The van der Waals surface area contributed by atoms with Gasteiger partial charge in [-0.1, -0.05) is 0 Å². The number of hydrogen-bond donors (Lipinski definition) is 2. The maximum absolute atomic E-state index is 11.8. The van der Waals surface area contributed by atoms with Crippen molar-refractivity contribution in [1.29, 1.82) is 0 Å². The van der Waals surface area contributed by atoms with Crippen LogP contribution in [0.1, 0.15) is 64.2 Å². The molecule has 0 unspecified atom stereocenters. The van der Waals surface area contributed by atoms with Crippen molar-refractivity contribution in [2.24, 2.45) is 0 Å². The molecule has 0 rings (SSSR count). The van der Waals surface area contributed by atoms with E-state index in [9.17, 15) is 8.78 Å². The normalized spacial score (nSPS) is 11.3. The molecule has 118 valence electrons. The molecule has 0 saturated carbocycles. The van der Waals surface area contributed by atoms with Crippen molar-refractivity contribution in [3.63, 3.8) is 0 Å². The molecule has 0 atom stereocenters. The average molecular weight is 310 g/mol. The Bertz CT molecular complexity index is 279. The fourth-order valence-electron chi connectivity index (χ4n) is 1.79. The van der Waals surface area contributed by atoms with Crippen LogP contribution in [-0.2, 0) is 10.4 Å². The Hall–Kier alpha value is 0.327. The van der Waals surface area contributed by atoms with Crippen LogP contribution in [0.4, 0.5) is 8.78 Å². The van der Waals surface area contributed by atoms with Crippen LogP contribution in [-0.4, -0.2) is 41.7 Å². The second-order valence-corrected chi connectivity index (χ2v) is 5.71. The van der Waals surface area contributed by atoms with E-state index in [1.54, 1.807) is 0 Å². The molecular formula is C12H25F2LiO4S. The zero-order valence-electron chi connectivity index (χ0n) is 12.2. The molecule has 0 aromatic rings. The van der Waals surface area contributed by atoms with Crippen molar-refractivity contribution >= 4 is 28.1 Å². The molecule has 0 aliphatic carbocycles. The second kappa shape index (κ2) is 15.7. The van der Waals surface area contributed by atoms with Crippen LogP contribution in [0.5, 0.6) is 0 Å². The van der Waals surface area contributed by atoms with Crippen molar-refractivity contribution in [3.8, 4) is 0 Å². The van der Waals surface area contributed by atoms with Gasteiger partial charge in [0.15, 0.2) is 0 Å². The number of alkyl halides is 2. The minimum Gasteiger partial charge on any atom is -0.211 e. The van der Waals surface area contributed by atoms with Crippen LogP contribution in [0.15, 0.2) is 0 Å². The first-order valence-corrected chi connectivity index (χ1v) is 8.65. The first kappa shape index (κ1) is 22.6. The van der Waals surface area contributed by atoms with Crippen molar-refractivity contribution in [1.82, 2.24) is 0 Å².